The number of halogens is 1. The molecular weight excluding hydrogens is 446 g/mol. The lowest BCUT2D eigenvalue weighted by molar-refractivity contribution is -0.121. The zero-order valence-corrected chi connectivity index (χ0v) is 18.7. The molecule has 0 bridgehead atoms. The van der Waals surface area contributed by atoms with Crippen LogP contribution in [0.5, 0.6) is 11.5 Å². The van der Waals surface area contributed by atoms with Gasteiger partial charge in [-0.3, -0.25) is 4.79 Å². The number of carbonyl (C=O) groups excluding carboxylic acids is 1. The molecule has 2 aliphatic rings. The van der Waals surface area contributed by atoms with Crippen molar-refractivity contribution in [2.24, 2.45) is 0 Å². The van der Waals surface area contributed by atoms with Gasteiger partial charge in [0.05, 0.1) is 0 Å². The summed E-state index contributed by atoms with van der Waals surface area (Å²) < 4.78 is 17.7. The average molecular weight is 474 g/mol. The van der Waals surface area contributed by atoms with Gasteiger partial charge < -0.3 is 19.5 Å². The Kier molecular flexibility index (Phi) is 6.95. The summed E-state index contributed by atoms with van der Waals surface area (Å²) in [5.41, 5.74) is 2.37. The van der Waals surface area contributed by atoms with E-state index in [1.807, 2.05) is 6.07 Å². The predicted octanol–water partition coefficient (Wildman–Crippen LogP) is 4.76. The Labute approximate surface area is 186 Å². The van der Waals surface area contributed by atoms with E-state index in [1.54, 1.807) is 0 Å². The number of hydrogen-bond donors (Lipinski definition) is 1. The molecule has 4 rings (SSSR count). The molecule has 5 nitrogen and oxygen atoms in total. The third kappa shape index (κ3) is 5.16. The highest BCUT2D eigenvalue weighted by Crippen LogP contribution is 2.40. The fourth-order valence-electron chi connectivity index (χ4n) is 4.18. The second kappa shape index (κ2) is 9.84. The number of hydrogen-bond acceptors (Lipinski definition) is 4. The SMILES string of the molecule is O=C(CCCCc1ccc(Br)cc1)NCC1(c2ccc3c(c2)OCO3)CCOCC1. The minimum Gasteiger partial charge on any atom is -0.454 e. The van der Waals surface area contributed by atoms with E-state index >= 15 is 0 Å². The zero-order valence-electron chi connectivity index (χ0n) is 17.1. The Morgan fingerprint density at radius 1 is 1.00 bits per heavy atom. The first-order valence-electron chi connectivity index (χ1n) is 10.6. The maximum atomic E-state index is 12.5. The third-order valence-corrected chi connectivity index (χ3v) is 6.62. The lowest BCUT2D eigenvalue weighted by Crippen LogP contribution is -2.44. The van der Waals surface area contributed by atoms with Crippen LogP contribution in [0.25, 0.3) is 0 Å². The van der Waals surface area contributed by atoms with Crippen LogP contribution in [0, 0.1) is 0 Å². The molecule has 0 spiro atoms. The van der Waals surface area contributed by atoms with Gasteiger partial charge in [-0.25, -0.2) is 0 Å². The van der Waals surface area contributed by atoms with Crippen molar-refractivity contribution in [2.75, 3.05) is 26.6 Å². The number of nitrogens with one attached hydrogen (secondary N) is 1. The average Bonchev–Trinajstić information content (AvgIpc) is 3.25. The van der Waals surface area contributed by atoms with Gasteiger partial charge in [0.2, 0.25) is 12.7 Å². The minimum atomic E-state index is -0.119. The van der Waals surface area contributed by atoms with Gasteiger partial charge in [0.15, 0.2) is 11.5 Å². The van der Waals surface area contributed by atoms with Crippen LogP contribution in [-0.2, 0) is 21.4 Å². The molecule has 1 saturated heterocycles. The molecule has 0 aromatic heterocycles. The highest BCUT2D eigenvalue weighted by Gasteiger charge is 2.36. The molecule has 2 aliphatic heterocycles. The number of fused-ring (bicyclic) bond motifs is 1. The lowest BCUT2D eigenvalue weighted by atomic mass is 9.74. The monoisotopic (exact) mass is 473 g/mol. The van der Waals surface area contributed by atoms with Gasteiger partial charge in [-0.1, -0.05) is 34.1 Å². The van der Waals surface area contributed by atoms with E-state index in [0.29, 0.717) is 26.2 Å². The number of ether oxygens (including phenoxy) is 3. The maximum Gasteiger partial charge on any atom is 0.231 e. The van der Waals surface area contributed by atoms with Crippen LogP contribution in [0.1, 0.15) is 43.2 Å². The second-order valence-electron chi connectivity index (χ2n) is 8.07. The Hall–Kier alpha value is -2.05. The van der Waals surface area contributed by atoms with Gasteiger partial charge in [0, 0.05) is 36.1 Å². The molecule has 160 valence electrons. The Morgan fingerprint density at radius 2 is 1.77 bits per heavy atom. The Balaban J connectivity index is 1.29. The van der Waals surface area contributed by atoms with E-state index in [-0.39, 0.29) is 18.1 Å². The van der Waals surface area contributed by atoms with E-state index in [9.17, 15) is 4.79 Å². The first-order valence-corrected chi connectivity index (χ1v) is 11.4. The van der Waals surface area contributed by atoms with Crippen molar-refractivity contribution in [1.82, 2.24) is 5.32 Å². The molecule has 2 aromatic carbocycles. The molecule has 0 aliphatic carbocycles. The predicted molar refractivity (Wildman–Crippen MR) is 119 cm³/mol. The maximum absolute atomic E-state index is 12.5. The number of aryl methyl sites for hydroxylation is 1. The summed E-state index contributed by atoms with van der Waals surface area (Å²) in [4.78, 5) is 12.5. The molecule has 0 atom stereocenters. The van der Waals surface area contributed by atoms with Gasteiger partial charge in [0.1, 0.15) is 0 Å². The largest absolute Gasteiger partial charge is 0.454 e. The van der Waals surface area contributed by atoms with Crippen molar-refractivity contribution in [2.45, 2.75) is 43.9 Å². The number of amides is 1. The summed E-state index contributed by atoms with van der Waals surface area (Å²) in [7, 11) is 0. The Morgan fingerprint density at radius 3 is 2.57 bits per heavy atom. The summed E-state index contributed by atoms with van der Waals surface area (Å²) in [5, 5.41) is 3.19. The Bertz CT molecular complexity index is 862. The van der Waals surface area contributed by atoms with Crippen LogP contribution in [0.3, 0.4) is 0 Å². The first kappa shape index (κ1) is 21.2. The van der Waals surface area contributed by atoms with E-state index in [1.165, 1.54) is 11.1 Å². The third-order valence-electron chi connectivity index (χ3n) is 6.09. The van der Waals surface area contributed by atoms with Crippen LogP contribution in [0.4, 0.5) is 0 Å². The number of carbonyl (C=O) groups is 1. The molecule has 2 aromatic rings. The quantitative estimate of drug-likeness (QED) is 0.561. The molecule has 1 N–H and O–H groups in total. The molecule has 6 heteroatoms. The molecule has 30 heavy (non-hydrogen) atoms. The number of benzene rings is 2. The minimum absolute atomic E-state index is 0.119. The fourth-order valence-corrected chi connectivity index (χ4v) is 4.44. The van der Waals surface area contributed by atoms with Gasteiger partial charge in [-0.2, -0.15) is 0 Å². The smallest absolute Gasteiger partial charge is 0.231 e. The van der Waals surface area contributed by atoms with Crippen molar-refractivity contribution in [1.29, 1.82) is 0 Å². The molecule has 1 amide bonds. The van der Waals surface area contributed by atoms with Crippen LogP contribution < -0.4 is 14.8 Å². The molecule has 0 unspecified atom stereocenters. The van der Waals surface area contributed by atoms with Crippen LogP contribution in [0.2, 0.25) is 0 Å². The molecule has 0 radical (unpaired) electrons. The van der Waals surface area contributed by atoms with Gasteiger partial charge in [-0.15, -0.1) is 0 Å². The summed E-state index contributed by atoms with van der Waals surface area (Å²) >= 11 is 3.46. The second-order valence-corrected chi connectivity index (χ2v) is 8.99. The van der Waals surface area contributed by atoms with Gasteiger partial charge in [-0.05, 0) is 67.5 Å². The highest BCUT2D eigenvalue weighted by molar-refractivity contribution is 9.10. The first-order chi connectivity index (χ1) is 14.6. The van der Waals surface area contributed by atoms with Gasteiger partial charge >= 0.3 is 0 Å². The fraction of sp³-hybridized carbons (Fsp3) is 0.458. The van der Waals surface area contributed by atoms with Crippen LogP contribution in [0.15, 0.2) is 46.9 Å². The van der Waals surface area contributed by atoms with E-state index in [2.05, 4.69) is 57.6 Å². The summed E-state index contributed by atoms with van der Waals surface area (Å²) in [6, 6.07) is 14.5. The molecule has 0 saturated carbocycles. The van der Waals surface area contributed by atoms with Crippen molar-refractivity contribution < 1.29 is 19.0 Å². The zero-order chi connectivity index (χ0) is 20.8. The van der Waals surface area contributed by atoms with Crippen LogP contribution >= 0.6 is 15.9 Å². The van der Waals surface area contributed by atoms with Crippen molar-refractivity contribution in [3.63, 3.8) is 0 Å². The summed E-state index contributed by atoms with van der Waals surface area (Å²) in [6.07, 6.45) is 5.23. The van der Waals surface area contributed by atoms with Crippen molar-refractivity contribution >= 4 is 21.8 Å². The van der Waals surface area contributed by atoms with Crippen LogP contribution in [-0.4, -0.2) is 32.5 Å². The summed E-state index contributed by atoms with van der Waals surface area (Å²) in [6.45, 7) is 2.31. The summed E-state index contributed by atoms with van der Waals surface area (Å²) in [5.74, 6) is 1.70. The molecule has 1 fully saturated rings. The normalized spacial score (nSPS) is 17.0. The van der Waals surface area contributed by atoms with E-state index in [0.717, 1.165) is 48.1 Å². The lowest BCUT2D eigenvalue weighted by Gasteiger charge is -2.38. The van der Waals surface area contributed by atoms with Crippen molar-refractivity contribution in [3.05, 3.63) is 58.1 Å². The molecular formula is C24H28BrNO4. The van der Waals surface area contributed by atoms with Crippen molar-refractivity contribution in [3.8, 4) is 11.5 Å². The van der Waals surface area contributed by atoms with Gasteiger partial charge in [0.25, 0.3) is 0 Å². The topological polar surface area (TPSA) is 56.8 Å². The standard InChI is InChI=1S/C24H28BrNO4/c25-20-8-5-18(6-9-20)3-1-2-4-23(27)26-16-24(11-13-28-14-12-24)19-7-10-21-22(15-19)30-17-29-21/h5-10,15H,1-4,11-14,16-17H2,(H,26,27). The molecule has 2 heterocycles. The van der Waals surface area contributed by atoms with E-state index in [4.69, 9.17) is 14.2 Å². The van der Waals surface area contributed by atoms with E-state index < -0.39 is 0 Å². The number of rotatable bonds is 8. The highest BCUT2D eigenvalue weighted by atomic mass is 79.9. The number of unbranched alkanes of at least 4 members (excludes halogenated alkanes) is 1.